The first-order valence-electron chi connectivity index (χ1n) is 6.92. The molecule has 1 aromatic rings. The van der Waals surface area contributed by atoms with Gasteiger partial charge in [0.25, 0.3) is 0 Å². The Bertz CT molecular complexity index is 475. The molecule has 1 atom stereocenters. The Kier molecular flexibility index (Phi) is 7.61. The standard InChI is InChI=1S/C15H21ClN2O2S/c1-4-18(5-2)15(20)14(17-11(3)19)10-21-13-8-6-12(16)7-9-13/h6-9,14H,4-5,10H2,1-3H3,(H,17,19). The molecule has 6 heteroatoms. The molecule has 116 valence electrons. The van der Waals surface area contributed by atoms with Gasteiger partial charge in [0.2, 0.25) is 11.8 Å². The molecule has 0 spiro atoms. The molecule has 1 unspecified atom stereocenters. The molecule has 1 rings (SSSR count). The molecule has 1 aromatic carbocycles. The van der Waals surface area contributed by atoms with Gasteiger partial charge in [-0.05, 0) is 38.1 Å². The lowest BCUT2D eigenvalue weighted by molar-refractivity contribution is -0.135. The number of nitrogens with one attached hydrogen (secondary N) is 1. The number of carbonyl (C=O) groups excluding carboxylic acids is 2. The van der Waals surface area contributed by atoms with Crippen molar-refractivity contribution in [1.82, 2.24) is 10.2 Å². The summed E-state index contributed by atoms with van der Waals surface area (Å²) in [7, 11) is 0. The largest absolute Gasteiger partial charge is 0.344 e. The van der Waals surface area contributed by atoms with Gasteiger partial charge >= 0.3 is 0 Å². The van der Waals surface area contributed by atoms with Gasteiger partial charge in [-0.2, -0.15) is 0 Å². The van der Waals surface area contributed by atoms with Crippen molar-refractivity contribution in [3.63, 3.8) is 0 Å². The summed E-state index contributed by atoms with van der Waals surface area (Å²) in [5.41, 5.74) is 0. The van der Waals surface area contributed by atoms with E-state index in [0.717, 1.165) is 4.90 Å². The van der Waals surface area contributed by atoms with Crippen LogP contribution in [0.15, 0.2) is 29.2 Å². The number of amides is 2. The van der Waals surface area contributed by atoms with Crippen LogP contribution in [0, 0.1) is 0 Å². The van der Waals surface area contributed by atoms with E-state index in [2.05, 4.69) is 5.32 Å². The average molecular weight is 329 g/mol. The van der Waals surface area contributed by atoms with E-state index in [0.29, 0.717) is 23.9 Å². The fourth-order valence-corrected chi connectivity index (χ4v) is 2.93. The molecule has 0 aliphatic heterocycles. The average Bonchev–Trinajstić information content (AvgIpc) is 2.46. The number of rotatable bonds is 7. The van der Waals surface area contributed by atoms with Crippen molar-refractivity contribution in [3.8, 4) is 0 Å². The number of likely N-dealkylation sites (N-methyl/N-ethyl adjacent to an activating group) is 1. The highest BCUT2D eigenvalue weighted by atomic mass is 35.5. The molecule has 21 heavy (non-hydrogen) atoms. The zero-order valence-corrected chi connectivity index (χ0v) is 14.1. The van der Waals surface area contributed by atoms with Gasteiger partial charge in [-0.25, -0.2) is 0 Å². The lowest BCUT2D eigenvalue weighted by Crippen LogP contribution is -2.49. The van der Waals surface area contributed by atoms with Gasteiger partial charge in [-0.15, -0.1) is 11.8 Å². The zero-order valence-electron chi connectivity index (χ0n) is 12.6. The zero-order chi connectivity index (χ0) is 15.8. The van der Waals surface area contributed by atoms with E-state index >= 15 is 0 Å². The minimum atomic E-state index is -0.511. The van der Waals surface area contributed by atoms with Gasteiger partial charge in [-0.1, -0.05) is 11.6 Å². The van der Waals surface area contributed by atoms with E-state index in [9.17, 15) is 9.59 Å². The summed E-state index contributed by atoms with van der Waals surface area (Å²) >= 11 is 7.37. The molecule has 0 heterocycles. The van der Waals surface area contributed by atoms with Gasteiger partial charge in [0, 0.05) is 35.7 Å². The maximum atomic E-state index is 12.4. The van der Waals surface area contributed by atoms with Crippen molar-refractivity contribution in [1.29, 1.82) is 0 Å². The van der Waals surface area contributed by atoms with Crippen LogP contribution in [-0.2, 0) is 9.59 Å². The molecule has 0 radical (unpaired) electrons. The Morgan fingerprint density at radius 3 is 2.29 bits per heavy atom. The summed E-state index contributed by atoms with van der Waals surface area (Å²) in [6, 6.07) is 6.91. The van der Waals surface area contributed by atoms with Gasteiger partial charge in [-0.3, -0.25) is 9.59 Å². The molecule has 4 nitrogen and oxygen atoms in total. The summed E-state index contributed by atoms with van der Waals surface area (Å²) in [4.78, 5) is 26.4. The molecular formula is C15H21ClN2O2S. The second kappa shape index (κ2) is 8.95. The quantitative estimate of drug-likeness (QED) is 0.783. The highest BCUT2D eigenvalue weighted by molar-refractivity contribution is 7.99. The van der Waals surface area contributed by atoms with E-state index in [1.54, 1.807) is 4.90 Å². The van der Waals surface area contributed by atoms with Crippen LogP contribution in [0.3, 0.4) is 0 Å². The SMILES string of the molecule is CCN(CC)C(=O)C(CSc1ccc(Cl)cc1)NC(C)=O. The van der Waals surface area contributed by atoms with Crippen molar-refractivity contribution in [2.75, 3.05) is 18.8 Å². The first-order valence-corrected chi connectivity index (χ1v) is 8.28. The second-order valence-electron chi connectivity index (χ2n) is 4.53. The third-order valence-corrected chi connectivity index (χ3v) is 4.34. The molecule has 0 fully saturated rings. The third-order valence-electron chi connectivity index (χ3n) is 2.98. The van der Waals surface area contributed by atoms with Crippen LogP contribution in [0.2, 0.25) is 5.02 Å². The number of thioether (sulfide) groups is 1. The van der Waals surface area contributed by atoms with Crippen LogP contribution in [0.25, 0.3) is 0 Å². The maximum absolute atomic E-state index is 12.4. The van der Waals surface area contributed by atoms with Crippen molar-refractivity contribution in [2.45, 2.75) is 31.7 Å². The van der Waals surface area contributed by atoms with Crippen molar-refractivity contribution in [2.24, 2.45) is 0 Å². The molecule has 0 saturated carbocycles. The summed E-state index contributed by atoms with van der Waals surface area (Å²) < 4.78 is 0. The van der Waals surface area contributed by atoms with E-state index in [4.69, 9.17) is 11.6 Å². The fourth-order valence-electron chi connectivity index (χ4n) is 1.89. The predicted molar refractivity (Wildman–Crippen MR) is 87.7 cm³/mol. The van der Waals surface area contributed by atoms with E-state index in [1.165, 1.54) is 18.7 Å². The van der Waals surface area contributed by atoms with Crippen LogP contribution < -0.4 is 5.32 Å². The minimum absolute atomic E-state index is 0.0448. The predicted octanol–water partition coefficient (Wildman–Crippen LogP) is 2.81. The van der Waals surface area contributed by atoms with Crippen molar-refractivity contribution in [3.05, 3.63) is 29.3 Å². The Hall–Kier alpha value is -1.20. The minimum Gasteiger partial charge on any atom is -0.344 e. The Morgan fingerprint density at radius 1 is 1.24 bits per heavy atom. The maximum Gasteiger partial charge on any atom is 0.245 e. The Morgan fingerprint density at radius 2 is 1.81 bits per heavy atom. The molecule has 1 N–H and O–H groups in total. The first kappa shape index (κ1) is 17.9. The molecule has 0 saturated heterocycles. The van der Waals surface area contributed by atoms with Crippen LogP contribution in [0.5, 0.6) is 0 Å². The lowest BCUT2D eigenvalue weighted by Gasteiger charge is -2.25. The molecule has 0 aromatic heterocycles. The van der Waals surface area contributed by atoms with Crippen molar-refractivity contribution >= 4 is 35.2 Å². The van der Waals surface area contributed by atoms with E-state index < -0.39 is 6.04 Å². The Balaban J connectivity index is 2.71. The molecular weight excluding hydrogens is 308 g/mol. The highest BCUT2D eigenvalue weighted by Crippen LogP contribution is 2.21. The second-order valence-corrected chi connectivity index (χ2v) is 6.06. The molecule has 0 aliphatic rings. The van der Waals surface area contributed by atoms with Crippen LogP contribution in [-0.4, -0.2) is 41.6 Å². The monoisotopic (exact) mass is 328 g/mol. The summed E-state index contributed by atoms with van der Waals surface area (Å²) in [5, 5.41) is 3.41. The van der Waals surface area contributed by atoms with Gasteiger partial charge in [0.15, 0.2) is 0 Å². The topological polar surface area (TPSA) is 49.4 Å². The lowest BCUT2D eigenvalue weighted by atomic mass is 10.2. The number of halogens is 1. The van der Waals surface area contributed by atoms with Gasteiger partial charge < -0.3 is 10.2 Å². The molecule has 2 amide bonds. The van der Waals surface area contributed by atoms with E-state index in [-0.39, 0.29) is 11.8 Å². The summed E-state index contributed by atoms with van der Waals surface area (Å²) in [6.45, 7) is 6.56. The third kappa shape index (κ3) is 5.98. The number of carbonyl (C=O) groups is 2. The van der Waals surface area contributed by atoms with Crippen LogP contribution in [0.4, 0.5) is 0 Å². The van der Waals surface area contributed by atoms with Gasteiger partial charge in [0.05, 0.1) is 0 Å². The number of hydrogen-bond donors (Lipinski definition) is 1. The number of hydrogen-bond acceptors (Lipinski definition) is 3. The van der Waals surface area contributed by atoms with Crippen LogP contribution >= 0.6 is 23.4 Å². The Labute approximate surface area is 135 Å². The number of benzene rings is 1. The highest BCUT2D eigenvalue weighted by Gasteiger charge is 2.23. The van der Waals surface area contributed by atoms with Crippen LogP contribution in [0.1, 0.15) is 20.8 Å². The summed E-state index contributed by atoms with van der Waals surface area (Å²) in [6.07, 6.45) is 0. The van der Waals surface area contributed by atoms with Gasteiger partial charge in [0.1, 0.15) is 6.04 Å². The molecule has 0 bridgehead atoms. The fraction of sp³-hybridized carbons (Fsp3) is 0.467. The molecule has 0 aliphatic carbocycles. The smallest absolute Gasteiger partial charge is 0.245 e. The number of nitrogens with zero attached hydrogens (tertiary/aromatic N) is 1. The normalized spacial score (nSPS) is 11.8. The van der Waals surface area contributed by atoms with E-state index in [1.807, 2.05) is 38.1 Å². The van der Waals surface area contributed by atoms with Crippen molar-refractivity contribution < 1.29 is 9.59 Å². The first-order chi connectivity index (χ1) is 9.97. The summed E-state index contributed by atoms with van der Waals surface area (Å²) in [5.74, 6) is 0.255.